The van der Waals surface area contributed by atoms with Gasteiger partial charge in [0.15, 0.2) is 0 Å². The van der Waals surface area contributed by atoms with Crippen LogP contribution in [-0.2, 0) is 6.42 Å². The lowest BCUT2D eigenvalue weighted by molar-refractivity contribution is -0.385. The Morgan fingerprint density at radius 3 is 2.84 bits per heavy atom. The van der Waals surface area contributed by atoms with Crippen molar-refractivity contribution in [3.63, 3.8) is 0 Å². The summed E-state index contributed by atoms with van der Waals surface area (Å²) in [6.45, 7) is 1.83. The molecule has 102 valence electrons. The number of nitro benzene ring substituents is 1. The molecule has 0 bridgehead atoms. The second-order valence-electron chi connectivity index (χ2n) is 4.01. The van der Waals surface area contributed by atoms with Crippen molar-refractivity contribution in [1.82, 2.24) is 0 Å². The van der Waals surface area contributed by atoms with Crippen LogP contribution in [0, 0.1) is 15.9 Å². The van der Waals surface area contributed by atoms with Crippen molar-refractivity contribution in [3.05, 3.63) is 39.7 Å². The highest BCUT2D eigenvalue weighted by atomic mass is 35.5. The molecule has 0 aliphatic heterocycles. The van der Waals surface area contributed by atoms with Crippen LogP contribution in [0.4, 0.5) is 10.1 Å². The first kappa shape index (κ1) is 15.7. The molecule has 0 aromatic heterocycles. The first-order valence-electron chi connectivity index (χ1n) is 5.62. The van der Waals surface area contributed by atoms with Gasteiger partial charge in [0.2, 0.25) is 0 Å². The number of alkyl halides is 1. The minimum atomic E-state index is -0.932. The molecule has 0 heterocycles. The van der Waals surface area contributed by atoms with Crippen LogP contribution in [0.15, 0.2) is 23.2 Å². The van der Waals surface area contributed by atoms with E-state index in [2.05, 4.69) is 22.4 Å². The fourth-order valence-corrected chi connectivity index (χ4v) is 1.95. The molecule has 0 saturated heterocycles. The first-order valence-corrected chi connectivity index (χ1v) is 6.41. The Labute approximate surface area is 120 Å². The zero-order valence-corrected chi connectivity index (χ0v) is 11.8. The number of aliphatic imine (C=N–C) groups is 1. The highest BCUT2D eigenvalue weighted by molar-refractivity contribution is 7.78. The number of halogens is 2. The van der Waals surface area contributed by atoms with E-state index in [1.165, 1.54) is 6.07 Å². The van der Waals surface area contributed by atoms with Gasteiger partial charge in [0.1, 0.15) is 10.8 Å². The SMILES string of the molecule is CCC(Cl)(CCc1cc([N+](=O)[O-])ccc1F)N=C=S. The average molecular weight is 303 g/mol. The Balaban J connectivity index is 2.90. The van der Waals surface area contributed by atoms with Crippen LogP contribution < -0.4 is 0 Å². The summed E-state index contributed by atoms with van der Waals surface area (Å²) in [7, 11) is 0. The van der Waals surface area contributed by atoms with E-state index >= 15 is 0 Å². The third kappa shape index (κ3) is 4.35. The van der Waals surface area contributed by atoms with Crippen LogP contribution in [0.5, 0.6) is 0 Å². The van der Waals surface area contributed by atoms with Crippen LogP contribution in [0.3, 0.4) is 0 Å². The molecule has 1 atom stereocenters. The average Bonchev–Trinajstić information content (AvgIpc) is 2.38. The van der Waals surface area contributed by atoms with Gasteiger partial charge in [0.25, 0.3) is 5.69 Å². The quantitative estimate of drug-likeness (QED) is 0.198. The number of thiocarbonyl (C=S) groups is 1. The minimum absolute atomic E-state index is 0.147. The fourth-order valence-electron chi connectivity index (χ4n) is 1.59. The molecule has 4 nitrogen and oxygen atoms in total. The van der Waals surface area contributed by atoms with Crippen molar-refractivity contribution in [1.29, 1.82) is 0 Å². The molecule has 1 unspecified atom stereocenters. The number of isothiocyanates is 1. The van der Waals surface area contributed by atoms with Gasteiger partial charge in [-0.15, -0.1) is 0 Å². The molecular weight excluding hydrogens is 291 g/mol. The van der Waals surface area contributed by atoms with E-state index in [4.69, 9.17) is 11.6 Å². The van der Waals surface area contributed by atoms with E-state index in [9.17, 15) is 14.5 Å². The van der Waals surface area contributed by atoms with Crippen molar-refractivity contribution < 1.29 is 9.31 Å². The van der Waals surface area contributed by atoms with Gasteiger partial charge >= 0.3 is 0 Å². The molecule has 0 spiro atoms. The zero-order chi connectivity index (χ0) is 14.5. The fraction of sp³-hybridized carbons (Fsp3) is 0.417. The Morgan fingerprint density at radius 2 is 2.32 bits per heavy atom. The normalized spacial score (nSPS) is 13.4. The minimum Gasteiger partial charge on any atom is -0.258 e. The van der Waals surface area contributed by atoms with Crippen molar-refractivity contribution in [2.24, 2.45) is 4.99 Å². The highest BCUT2D eigenvalue weighted by Gasteiger charge is 2.24. The summed E-state index contributed by atoms with van der Waals surface area (Å²) in [6.07, 6.45) is 1.08. The van der Waals surface area contributed by atoms with Crippen molar-refractivity contribution in [2.45, 2.75) is 31.2 Å². The van der Waals surface area contributed by atoms with Crippen molar-refractivity contribution >= 4 is 34.7 Å². The number of rotatable bonds is 6. The van der Waals surface area contributed by atoms with Gasteiger partial charge in [-0.2, -0.15) is 0 Å². The van der Waals surface area contributed by atoms with Gasteiger partial charge < -0.3 is 0 Å². The molecular formula is C12H12ClFN2O2S. The number of hydrogen-bond donors (Lipinski definition) is 0. The monoisotopic (exact) mass is 302 g/mol. The van der Waals surface area contributed by atoms with Gasteiger partial charge in [-0.05, 0) is 43.1 Å². The summed E-state index contributed by atoms with van der Waals surface area (Å²) < 4.78 is 13.6. The maximum absolute atomic E-state index is 13.6. The lowest BCUT2D eigenvalue weighted by Crippen LogP contribution is -2.18. The van der Waals surface area contributed by atoms with E-state index in [1.54, 1.807) is 0 Å². The molecule has 19 heavy (non-hydrogen) atoms. The Morgan fingerprint density at radius 1 is 1.63 bits per heavy atom. The molecule has 0 fully saturated rings. The van der Waals surface area contributed by atoms with Crippen LogP contribution in [-0.4, -0.2) is 15.1 Å². The van der Waals surface area contributed by atoms with Crippen molar-refractivity contribution in [2.75, 3.05) is 0 Å². The van der Waals surface area contributed by atoms with Crippen molar-refractivity contribution in [3.8, 4) is 0 Å². The summed E-state index contributed by atoms with van der Waals surface area (Å²) in [4.78, 5) is 13.0. The largest absolute Gasteiger partial charge is 0.269 e. The summed E-state index contributed by atoms with van der Waals surface area (Å²) in [5, 5.41) is 12.9. The molecule has 1 aromatic carbocycles. The summed E-state index contributed by atoms with van der Waals surface area (Å²) in [5.74, 6) is -0.493. The molecule has 0 radical (unpaired) electrons. The Bertz CT molecular complexity index is 534. The first-order chi connectivity index (χ1) is 8.91. The van der Waals surface area contributed by atoms with Gasteiger partial charge in [0.05, 0.1) is 10.1 Å². The molecule has 1 aromatic rings. The van der Waals surface area contributed by atoms with E-state index in [1.807, 2.05) is 6.92 Å². The molecule has 0 amide bonds. The molecule has 0 aliphatic carbocycles. The highest BCUT2D eigenvalue weighted by Crippen LogP contribution is 2.28. The van der Waals surface area contributed by atoms with E-state index in [-0.39, 0.29) is 17.7 Å². The standard InChI is InChI=1S/C12H12ClFN2O2S/c1-2-12(13,15-8-19)6-5-9-7-10(16(17)18)3-4-11(9)14/h3-4,7H,2,5-6H2,1H3. The van der Waals surface area contributed by atoms with E-state index in [0.29, 0.717) is 12.8 Å². The topological polar surface area (TPSA) is 55.5 Å². The summed E-state index contributed by atoms with van der Waals surface area (Å²) in [6, 6.07) is 3.42. The number of benzene rings is 1. The predicted molar refractivity (Wildman–Crippen MR) is 75.3 cm³/mol. The molecule has 0 saturated carbocycles. The van der Waals surface area contributed by atoms with Crippen LogP contribution >= 0.6 is 23.8 Å². The van der Waals surface area contributed by atoms with Crippen LogP contribution in [0.25, 0.3) is 0 Å². The number of nitro groups is 1. The van der Waals surface area contributed by atoms with Crippen LogP contribution in [0.1, 0.15) is 25.3 Å². The predicted octanol–water partition coefficient (Wildman–Crippen LogP) is 4.11. The van der Waals surface area contributed by atoms with Gasteiger partial charge in [-0.1, -0.05) is 18.5 Å². The third-order valence-corrected chi connectivity index (χ3v) is 3.44. The third-order valence-electron chi connectivity index (χ3n) is 2.81. The summed E-state index contributed by atoms with van der Waals surface area (Å²) >= 11 is 10.7. The maximum atomic E-state index is 13.6. The smallest absolute Gasteiger partial charge is 0.258 e. The Hall–Kier alpha value is -1.36. The lowest BCUT2D eigenvalue weighted by Gasteiger charge is -2.18. The maximum Gasteiger partial charge on any atom is 0.269 e. The van der Waals surface area contributed by atoms with Crippen LogP contribution in [0.2, 0.25) is 0 Å². The molecule has 0 aliphatic rings. The van der Waals surface area contributed by atoms with Gasteiger partial charge in [-0.3, -0.25) is 10.1 Å². The molecule has 0 N–H and O–H groups in total. The number of aryl methyl sites for hydroxylation is 1. The number of nitrogens with zero attached hydrogens (tertiary/aromatic N) is 2. The summed E-state index contributed by atoms with van der Waals surface area (Å²) in [5.41, 5.74) is 0.0960. The zero-order valence-electron chi connectivity index (χ0n) is 10.2. The number of hydrogen-bond acceptors (Lipinski definition) is 4. The van der Waals surface area contributed by atoms with Gasteiger partial charge in [0, 0.05) is 12.1 Å². The van der Waals surface area contributed by atoms with Gasteiger partial charge in [-0.25, -0.2) is 9.38 Å². The second kappa shape index (κ2) is 6.70. The second-order valence-corrected chi connectivity index (χ2v) is 4.89. The van der Waals surface area contributed by atoms with E-state index < -0.39 is 15.7 Å². The Kier molecular flexibility index (Phi) is 5.54. The lowest BCUT2D eigenvalue weighted by atomic mass is 10.0. The molecule has 1 rings (SSSR count). The number of non-ortho nitro benzene ring substituents is 1. The molecule has 7 heteroatoms. The van der Waals surface area contributed by atoms with E-state index in [0.717, 1.165) is 12.1 Å².